The summed E-state index contributed by atoms with van der Waals surface area (Å²) in [5.41, 5.74) is 0.798. The number of benzene rings is 2. The Balaban J connectivity index is 1.87. The normalized spacial score (nSPS) is 10.5. The number of esters is 1. The number of halogens is 3. The summed E-state index contributed by atoms with van der Waals surface area (Å²) in [5, 5.41) is 10.9. The van der Waals surface area contributed by atoms with E-state index in [-0.39, 0.29) is 23.1 Å². The van der Waals surface area contributed by atoms with Gasteiger partial charge in [-0.25, -0.2) is 4.79 Å². The second kappa shape index (κ2) is 12.1. The van der Waals surface area contributed by atoms with Gasteiger partial charge in [0.15, 0.2) is 24.7 Å². The van der Waals surface area contributed by atoms with Crippen LogP contribution < -0.4 is 19.5 Å². The van der Waals surface area contributed by atoms with E-state index in [9.17, 15) is 18.4 Å². The summed E-state index contributed by atoms with van der Waals surface area (Å²) in [5.74, 6) is -0.927. The molecule has 0 bridgehead atoms. The Morgan fingerprint density at radius 2 is 1.94 bits per heavy atom. The van der Waals surface area contributed by atoms with E-state index in [0.29, 0.717) is 17.1 Å². The number of rotatable bonds is 10. The highest BCUT2D eigenvalue weighted by molar-refractivity contribution is 6.32. The third-order valence-electron chi connectivity index (χ3n) is 3.67. The summed E-state index contributed by atoms with van der Waals surface area (Å²) < 4.78 is 43.9. The zero-order valence-corrected chi connectivity index (χ0v) is 17.4. The van der Waals surface area contributed by atoms with Crippen molar-refractivity contribution >= 4 is 35.2 Å². The predicted octanol–water partition coefficient (Wildman–Crippen LogP) is 4.05. The van der Waals surface area contributed by atoms with Crippen LogP contribution in [0.2, 0.25) is 5.02 Å². The van der Waals surface area contributed by atoms with Crippen LogP contribution in [-0.2, 0) is 14.3 Å². The van der Waals surface area contributed by atoms with Crippen LogP contribution in [0.5, 0.6) is 17.2 Å². The molecule has 0 unspecified atom stereocenters. The fraction of sp³-hybridized carbons (Fsp3) is 0.190. The maximum Gasteiger partial charge on any atom is 0.387 e. The molecule has 0 aliphatic rings. The van der Waals surface area contributed by atoms with Crippen LogP contribution in [-0.4, -0.2) is 38.8 Å². The molecule has 8 nitrogen and oxygen atoms in total. The Morgan fingerprint density at radius 1 is 1.19 bits per heavy atom. The molecule has 2 rings (SSSR count). The third kappa shape index (κ3) is 7.77. The van der Waals surface area contributed by atoms with Crippen molar-refractivity contribution in [2.45, 2.75) is 6.61 Å². The van der Waals surface area contributed by atoms with Crippen molar-refractivity contribution in [3.63, 3.8) is 0 Å². The summed E-state index contributed by atoms with van der Waals surface area (Å²) >= 11 is 5.81. The van der Waals surface area contributed by atoms with Gasteiger partial charge in [-0.3, -0.25) is 4.79 Å². The van der Waals surface area contributed by atoms with Crippen molar-refractivity contribution in [3.05, 3.63) is 53.1 Å². The quantitative estimate of drug-likeness (QED) is 0.416. The monoisotopic (exact) mass is 466 g/mol. The van der Waals surface area contributed by atoms with Crippen LogP contribution in [0.15, 0.2) is 42.5 Å². The first kappa shape index (κ1) is 24.4. The second-order valence-electron chi connectivity index (χ2n) is 5.87. The Labute approximate surface area is 186 Å². The number of amides is 1. The molecular formula is C21H17ClF2N2O6. The minimum Gasteiger partial charge on any atom is -0.493 e. The molecule has 1 amide bonds. The fourth-order valence-electron chi connectivity index (χ4n) is 2.33. The number of carbonyl (C=O) groups is 2. The number of methoxy groups -OCH3 is 1. The second-order valence-corrected chi connectivity index (χ2v) is 6.28. The van der Waals surface area contributed by atoms with Gasteiger partial charge in [-0.15, -0.1) is 0 Å². The highest BCUT2D eigenvalue weighted by atomic mass is 35.5. The minimum absolute atomic E-state index is 0.123. The van der Waals surface area contributed by atoms with Gasteiger partial charge < -0.3 is 24.3 Å². The lowest BCUT2D eigenvalue weighted by molar-refractivity contribution is -0.142. The van der Waals surface area contributed by atoms with E-state index in [1.54, 1.807) is 18.2 Å². The van der Waals surface area contributed by atoms with Crippen molar-refractivity contribution in [3.8, 4) is 23.3 Å². The summed E-state index contributed by atoms with van der Waals surface area (Å²) in [6, 6.07) is 10.4. The lowest BCUT2D eigenvalue weighted by Crippen LogP contribution is -2.20. The number of ether oxygens (including phenoxy) is 4. The molecule has 1 N–H and O–H groups in total. The Morgan fingerprint density at radius 3 is 2.59 bits per heavy atom. The summed E-state index contributed by atoms with van der Waals surface area (Å²) in [6.07, 6.45) is 2.56. The lowest BCUT2D eigenvalue weighted by Gasteiger charge is -2.09. The first-order chi connectivity index (χ1) is 15.3. The summed E-state index contributed by atoms with van der Waals surface area (Å²) in [7, 11) is 1.43. The van der Waals surface area contributed by atoms with E-state index in [4.69, 9.17) is 31.1 Å². The van der Waals surface area contributed by atoms with Crippen LogP contribution in [0.4, 0.5) is 14.5 Å². The molecule has 0 aliphatic carbocycles. The highest BCUT2D eigenvalue weighted by Crippen LogP contribution is 2.29. The minimum atomic E-state index is -3.03. The molecule has 0 heterocycles. The molecular weight excluding hydrogens is 450 g/mol. The van der Waals surface area contributed by atoms with Gasteiger partial charge in [0.2, 0.25) is 0 Å². The predicted molar refractivity (Wildman–Crippen MR) is 111 cm³/mol. The molecule has 0 saturated carbocycles. The van der Waals surface area contributed by atoms with Gasteiger partial charge in [0.05, 0.1) is 12.1 Å². The number of hydrogen-bond donors (Lipinski definition) is 1. The molecule has 0 aliphatic heterocycles. The maximum absolute atomic E-state index is 12.2. The molecule has 0 saturated heterocycles. The number of hydrogen-bond acceptors (Lipinski definition) is 7. The van der Waals surface area contributed by atoms with Crippen molar-refractivity contribution in [1.29, 1.82) is 5.26 Å². The highest BCUT2D eigenvalue weighted by Gasteiger charge is 2.11. The zero-order valence-electron chi connectivity index (χ0n) is 16.6. The largest absolute Gasteiger partial charge is 0.493 e. The first-order valence-electron chi connectivity index (χ1n) is 8.89. The molecule has 11 heteroatoms. The van der Waals surface area contributed by atoms with Gasteiger partial charge in [0.1, 0.15) is 11.8 Å². The Bertz CT molecular complexity index is 1040. The third-order valence-corrected chi connectivity index (χ3v) is 3.96. The standard InChI is InChI=1S/C21H17ClF2N2O6/c1-29-18-10-13(2-5-17(18)30-9-8-25)3-7-20(28)31-12-19(27)26-14-4-6-16(15(22)11-14)32-21(23)24/h2-7,10-11,21H,9,12H2,1H3,(H,26,27)/b7-3+. The lowest BCUT2D eigenvalue weighted by atomic mass is 10.2. The van der Waals surface area contributed by atoms with E-state index in [2.05, 4.69) is 10.1 Å². The average Bonchev–Trinajstić information content (AvgIpc) is 2.76. The van der Waals surface area contributed by atoms with Crippen LogP contribution in [0.25, 0.3) is 6.08 Å². The van der Waals surface area contributed by atoms with Crippen molar-refractivity contribution in [2.24, 2.45) is 0 Å². The number of alkyl halides is 2. The summed E-state index contributed by atoms with van der Waals surface area (Å²) in [6.45, 7) is -3.75. The molecule has 0 spiro atoms. The van der Waals surface area contributed by atoms with E-state index in [1.165, 1.54) is 31.4 Å². The van der Waals surface area contributed by atoms with Crippen molar-refractivity contribution in [1.82, 2.24) is 0 Å². The number of nitrogens with one attached hydrogen (secondary N) is 1. The number of nitrogens with zero attached hydrogens (tertiary/aromatic N) is 1. The van der Waals surface area contributed by atoms with Gasteiger partial charge in [-0.2, -0.15) is 14.0 Å². The molecule has 0 aromatic heterocycles. The van der Waals surface area contributed by atoms with E-state index in [0.717, 1.165) is 6.08 Å². The smallest absolute Gasteiger partial charge is 0.387 e. The van der Waals surface area contributed by atoms with Crippen molar-refractivity contribution in [2.75, 3.05) is 25.6 Å². The van der Waals surface area contributed by atoms with E-state index >= 15 is 0 Å². The Hall–Kier alpha value is -3.84. The van der Waals surface area contributed by atoms with Crippen molar-refractivity contribution < 1.29 is 37.3 Å². The molecule has 0 fully saturated rings. The molecule has 168 valence electrons. The van der Waals surface area contributed by atoms with Gasteiger partial charge in [0, 0.05) is 11.8 Å². The van der Waals surface area contributed by atoms with E-state index < -0.39 is 25.1 Å². The molecule has 32 heavy (non-hydrogen) atoms. The van der Waals surface area contributed by atoms with Gasteiger partial charge >= 0.3 is 12.6 Å². The van der Waals surface area contributed by atoms with Gasteiger partial charge in [-0.1, -0.05) is 17.7 Å². The number of anilines is 1. The molecule has 2 aromatic rings. The maximum atomic E-state index is 12.2. The topological polar surface area (TPSA) is 107 Å². The summed E-state index contributed by atoms with van der Waals surface area (Å²) in [4.78, 5) is 23.8. The molecule has 0 radical (unpaired) electrons. The van der Waals surface area contributed by atoms with Gasteiger partial charge in [-0.05, 0) is 42.0 Å². The van der Waals surface area contributed by atoms with Gasteiger partial charge in [0.25, 0.3) is 5.91 Å². The number of nitriles is 1. The van der Waals surface area contributed by atoms with Crippen LogP contribution >= 0.6 is 11.6 Å². The van der Waals surface area contributed by atoms with Crippen LogP contribution in [0.3, 0.4) is 0 Å². The van der Waals surface area contributed by atoms with Crippen LogP contribution in [0.1, 0.15) is 5.56 Å². The fourth-order valence-corrected chi connectivity index (χ4v) is 2.56. The number of carbonyl (C=O) groups excluding carboxylic acids is 2. The first-order valence-corrected chi connectivity index (χ1v) is 9.27. The SMILES string of the molecule is COc1cc(/C=C/C(=O)OCC(=O)Nc2ccc(OC(F)F)c(Cl)c2)ccc1OCC#N. The molecule has 0 atom stereocenters. The zero-order chi connectivity index (χ0) is 23.5. The Kier molecular flexibility index (Phi) is 9.25. The van der Waals surface area contributed by atoms with E-state index in [1.807, 2.05) is 6.07 Å². The average molecular weight is 467 g/mol. The molecule has 2 aromatic carbocycles. The van der Waals surface area contributed by atoms with Crippen LogP contribution in [0, 0.1) is 11.3 Å².